The van der Waals surface area contributed by atoms with Crippen LogP contribution < -0.4 is 14.8 Å². The van der Waals surface area contributed by atoms with E-state index in [1.54, 1.807) is 26.4 Å². The molecule has 0 aliphatic heterocycles. The fourth-order valence-corrected chi connectivity index (χ4v) is 3.14. The van der Waals surface area contributed by atoms with Crippen LogP contribution in [0.4, 0.5) is 4.39 Å². The third kappa shape index (κ3) is 3.76. The second kappa shape index (κ2) is 7.13. The molecule has 1 aliphatic carbocycles. The zero-order valence-electron chi connectivity index (χ0n) is 14.6. The summed E-state index contributed by atoms with van der Waals surface area (Å²) < 4.78 is 23.7. The van der Waals surface area contributed by atoms with Gasteiger partial charge in [-0.25, -0.2) is 4.39 Å². The summed E-state index contributed by atoms with van der Waals surface area (Å²) in [4.78, 5) is 12.5. The molecule has 1 saturated carbocycles. The summed E-state index contributed by atoms with van der Waals surface area (Å²) in [6.45, 7) is 1.92. The van der Waals surface area contributed by atoms with Crippen LogP contribution in [0.15, 0.2) is 42.5 Å². The zero-order chi connectivity index (χ0) is 18.0. The molecule has 3 unspecified atom stereocenters. The maximum Gasteiger partial charge on any atom is 0.224 e. The fraction of sp³-hybridized carbons (Fsp3) is 0.350. The van der Waals surface area contributed by atoms with Crippen LogP contribution in [0.5, 0.6) is 11.5 Å². The number of benzene rings is 2. The number of halogens is 1. The van der Waals surface area contributed by atoms with E-state index in [0.29, 0.717) is 11.5 Å². The van der Waals surface area contributed by atoms with Gasteiger partial charge in [-0.3, -0.25) is 4.79 Å². The summed E-state index contributed by atoms with van der Waals surface area (Å²) in [6.07, 6.45) is 0.791. The Labute approximate surface area is 147 Å². The number of hydrogen-bond acceptors (Lipinski definition) is 3. The monoisotopic (exact) mass is 343 g/mol. The van der Waals surface area contributed by atoms with Crippen molar-refractivity contribution in [2.75, 3.05) is 14.2 Å². The first-order valence-electron chi connectivity index (χ1n) is 8.31. The van der Waals surface area contributed by atoms with Crippen molar-refractivity contribution in [3.8, 4) is 11.5 Å². The van der Waals surface area contributed by atoms with Crippen LogP contribution >= 0.6 is 0 Å². The van der Waals surface area contributed by atoms with Crippen LogP contribution in [0.2, 0.25) is 0 Å². The molecule has 5 heteroatoms. The number of ether oxygens (including phenoxy) is 2. The van der Waals surface area contributed by atoms with Gasteiger partial charge in [-0.15, -0.1) is 0 Å². The number of amides is 1. The van der Waals surface area contributed by atoms with Crippen LogP contribution in [-0.2, 0) is 4.79 Å². The summed E-state index contributed by atoms with van der Waals surface area (Å²) in [5.74, 6) is 1.27. The summed E-state index contributed by atoms with van der Waals surface area (Å²) in [5, 5.41) is 3.05. The molecule has 2 aromatic rings. The van der Waals surface area contributed by atoms with E-state index in [2.05, 4.69) is 5.32 Å². The average molecular weight is 343 g/mol. The molecule has 132 valence electrons. The lowest BCUT2D eigenvalue weighted by Gasteiger charge is -2.18. The minimum absolute atomic E-state index is 0.00620. The largest absolute Gasteiger partial charge is 0.497 e. The van der Waals surface area contributed by atoms with E-state index in [9.17, 15) is 9.18 Å². The topological polar surface area (TPSA) is 47.6 Å². The van der Waals surface area contributed by atoms with Gasteiger partial charge in [0, 0.05) is 11.5 Å². The Morgan fingerprint density at radius 3 is 2.52 bits per heavy atom. The van der Waals surface area contributed by atoms with Gasteiger partial charge in [0.1, 0.15) is 17.3 Å². The van der Waals surface area contributed by atoms with Crippen molar-refractivity contribution in [1.82, 2.24) is 5.32 Å². The van der Waals surface area contributed by atoms with E-state index in [0.717, 1.165) is 17.5 Å². The molecule has 25 heavy (non-hydrogen) atoms. The van der Waals surface area contributed by atoms with Gasteiger partial charge in [-0.2, -0.15) is 0 Å². The predicted molar refractivity (Wildman–Crippen MR) is 93.4 cm³/mol. The first-order valence-corrected chi connectivity index (χ1v) is 8.31. The molecular weight excluding hydrogens is 321 g/mol. The third-order valence-electron chi connectivity index (χ3n) is 4.69. The van der Waals surface area contributed by atoms with Crippen LogP contribution in [0.1, 0.15) is 36.4 Å². The Morgan fingerprint density at radius 1 is 1.16 bits per heavy atom. The van der Waals surface area contributed by atoms with Crippen molar-refractivity contribution in [1.29, 1.82) is 0 Å². The lowest BCUT2D eigenvalue weighted by atomic mass is 10.1. The van der Waals surface area contributed by atoms with Crippen molar-refractivity contribution in [2.45, 2.75) is 25.3 Å². The molecule has 0 bridgehead atoms. The quantitative estimate of drug-likeness (QED) is 0.867. The normalized spacial score (nSPS) is 19.8. The second-order valence-electron chi connectivity index (χ2n) is 6.34. The van der Waals surface area contributed by atoms with Gasteiger partial charge < -0.3 is 14.8 Å². The van der Waals surface area contributed by atoms with Gasteiger partial charge in [0.25, 0.3) is 0 Å². The maximum atomic E-state index is 13.0. The Kier molecular flexibility index (Phi) is 4.93. The van der Waals surface area contributed by atoms with Gasteiger partial charge in [0.2, 0.25) is 5.91 Å². The molecule has 1 aliphatic rings. The molecule has 3 rings (SSSR count). The summed E-state index contributed by atoms with van der Waals surface area (Å²) in [6, 6.07) is 11.7. The predicted octanol–water partition coefficient (Wildman–Crippen LogP) is 3.82. The summed E-state index contributed by atoms with van der Waals surface area (Å²) >= 11 is 0. The van der Waals surface area contributed by atoms with Crippen molar-refractivity contribution < 1.29 is 18.7 Å². The summed E-state index contributed by atoms with van der Waals surface area (Å²) in [7, 11) is 3.21. The molecule has 2 aromatic carbocycles. The summed E-state index contributed by atoms with van der Waals surface area (Å²) in [5.41, 5.74) is 1.88. The fourth-order valence-electron chi connectivity index (χ4n) is 3.14. The third-order valence-corrected chi connectivity index (χ3v) is 4.69. The highest BCUT2D eigenvalue weighted by Crippen LogP contribution is 2.47. The number of methoxy groups -OCH3 is 2. The van der Waals surface area contributed by atoms with E-state index in [1.165, 1.54) is 12.1 Å². The highest BCUT2D eigenvalue weighted by atomic mass is 19.1. The Balaban J connectivity index is 1.66. The van der Waals surface area contributed by atoms with Gasteiger partial charge >= 0.3 is 0 Å². The zero-order valence-corrected chi connectivity index (χ0v) is 14.6. The molecule has 3 atom stereocenters. The van der Waals surface area contributed by atoms with E-state index >= 15 is 0 Å². The molecule has 0 radical (unpaired) electrons. The van der Waals surface area contributed by atoms with Crippen LogP contribution in [0.3, 0.4) is 0 Å². The lowest BCUT2D eigenvalue weighted by molar-refractivity contribution is -0.123. The van der Waals surface area contributed by atoms with Crippen LogP contribution in [0, 0.1) is 11.7 Å². The highest BCUT2D eigenvalue weighted by molar-refractivity contribution is 5.83. The van der Waals surface area contributed by atoms with Gasteiger partial charge in [-0.05, 0) is 55.2 Å². The molecule has 0 spiro atoms. The Hall–Kier alpha value is -2.56. The van der Waals surface area contributed by atoms with Crippen LogP contribution in [-0.4, -0.2) is 20.1 Å². The van der Waals surface area contributed by atoms with Crippen molar-refractivity contribution in [3.05, 3.63) is 59.4 Å². The first kappa shape index (κ1) is 17.3. The molecule has 0 heterocycles. The van der Waals surface area contributed by atoms with E-state index in [-0.39, 0.29) is 29.6 Å². The van der Waals surface area contributed by atoms with Gasteiger partial charge in [0.15, 0.2) is 0 Å². The van der Waals surface area contributed by atoms with Gasteiger partial charge in [-0.1, -0.05) is 12.1 Å². The Morgan fingerprint density at radius 2 is 1.88 bits per heavy atom. The minimum atomic E-state index is -0.260. The van der Waals surface area contributed by atoms with Crippen LogP contribution in [0.25, 0.3) is 0 Å². The number of nitrogens with one attached hydrogen (secondary N) is 1. The van der Waals surface area contributed by atoms with Crippen molar-refractivity contribution in [2.24, 2.45) is 5.92 Å². The lowest BCUT2D eigenvalue weighted by Crippen LogP contribution is -2.28. The number of carbonyl (C=O) groups excluding carboxylic acids is 1. The van der Waals surface area contributed by atoms with Gasteiger partial charge in [0.05, 0.1) is 20.3 Å². The molecule has 0 saturated heterocycles. The highest BCUT2D eigenvalue weighted by Gasteiger charge is 2.44. The Bertz CT molecular complexity index is 760. The first-order chi connectivity index (χ1) is 12.0. The maximum absolute atomic E-state index is 13.0. The molecule has 4 nitrogen and oxygen atoms in total. The smallest absolute Gasteiger partial charge is 0.224 e. The standard InChI is InChI=1S/C20H22FNO3/c1-12(16-10-15(24-2)8-9-19(16)25-3)22-20(23)18-11-17(18)13-4-6-14(21)7-5-13/h4-10,12,17-18H,11H2,1-3H3,(H,22,23). The molecule has 0 aromatic heterocycles. The minimum Gasteiger partial charge on any atom is -0.497 e. The molecule has 1 amide bonds. The number of carbonyl (C=O) groups is 1. The second-order valence-corrected chi connectivity index (χ2v) is 6.34. The molecule has 1 N–H and O–H groups in total. The number of hydrogen-bond donors (Lipinski definition) is 1. The van der Waals surface area contributed by atoms with E-state index in [4.69, 9.17) is 9.47 Å². The molecular formula is C20H22FNO3. The van der Waals surface area contributed by atoms with E-state index < -0.39 is 0 Å². The SMILES string of the molecule is COc1ccc(OC)c(C(C)NC(=O)C2CC2c2ccc(F)cc2)c1. The van der Waals surface area contributed by atoms with E-state index in [1.807, 2.05) is 25.1 Å². The van der Waals surface area contributed by atoms with Crippen molar-refractivity contribution in [3.63, 3.8) is 0 Å². The number of rotatable bonds is 6. The average Bonchev–Trinajstić information content (AvgIpc) is 3.42. The molecule has 1 fully saturated rings. The van der Waals surface area contributed by atoms with Crippen molar-refractivity contribution >= 4 is 5.91 Å².